The summed E-state index contributed by atoms with van der Waals surface area (Å²) in [5.74, 6) is 1.52. The van der Waals surface area contributed by atoms with Crippen LogP contribution in [-0.2, 0) is 4.74 Å². The van der Waals surface area contributed by atoms with Gasteiger partial charge in [0.05, 0.1) is 29.5 Å². The minimum atomic E-state index is 0.150. The van der Waals surface area contributed by atoms with Crippen LogP contribution >= 0.6 is 0 Å². The molecule has 2 N–H and O–H groups in total. The lowest BCUT2D eigenvalue weighted by atomic mass is 9.79. The van der Waals surface area contributed by atoms with E-state index in [2.05, 4.69) is 43.8 Å². The van der Waals surface area contributed by atoms with Crippen LogP contribution in [0, 0.1) is 5.92 Å². The molecule has 154 valence electrons. The second-order valence-corrected chi connectivity index (χ2v) is 9.39. The van der Waals surface area contributed by atoms with Gasteiger partial charge in [0.2, 0.25) is 0 Å². The molecular formula is C21H29N7O. The van der Waals surface area contributed by atoms with Gasteiger partial charge in [-0.3, -0.25) is 10.1 Å². The fraction of sp³-hybridized carbons (Fsp3) is 0.667. The van der Waals surface area contributed by atoms with Crippen molar-refractivity contribution in [2.24, 2.45) is 5.92 Å². The van der Waals surface area contributed by atoms with Crippen LogP contribution in [0.4, 0.5) is 5.82 Å². The number of hydrogen-bond acceptors (Lipinski definition) is 7. The Kier molecular flexibility index (Phi) is 4.14. The molecule has 4 unspecified atom stereocenters. The van der Waals surface area contributed by atoms with Gasteiger partial charge in [0.1, 0.15) is 12.1 Å². The lowest BCUT2D eigenvalue weighted by Gasteiger charge is -2.40. The molecule has 0 spiro atoms. The minimum absolute atomic E-state index is 0.150. The van der Waals surface area contributed by atoms with E-state index in [1.54, 1.807) is 6.33 Å². The van der Waals surface area contributed by atoms with Crippen LogP contribution in [-0.4, -0.2) is 50.6 Å². The Morgan fingerprint density at radius 1 is 1.17 bits per heavy atom. The van der Waals surface area contributed by atoms with E-state index in [0.717, 1.165) is 43.9 Å². The van der Waals surface area contributed by atoms with Crippen LogP contribution in [0.5, 0.6) is 0 Å². The predicted molar refractivity (Wildman–Crippen MR) is 108 cm³/mol. The molecule has 4 atom stereocenters. The third-order valence-electron chi connectivity index (χ3n) is 7.19. The van der Waals surface area contributed by atoms with Crippen molar-refractivity contribution >= 4 is 5.82 Å². The summed E-state index contributed by atoms with van der Waals surface area (Å²) in [7, 11) is 0. The highest BCUT2D eigenvalue weighted by molar-refractivity contribution is 5.43. The lowest BCUT2D eigenvalue weighted by Crippen LogP contribution is -2.48. The van der Waals surface area contributed by atoms with E-state index in [0.29, 0.717) is 24.1 Å². The molecule has 0 aromatic carbocycles. The summed E-state index contributed by atoms with van der Waals surface area (Å²) in [6.07, 6.45) is 11.8. The van der Waals surface area contributed by atoms with Gasteiger partial charge in [0, 0.05) is 43.5 Å². The second kappa shape index (κ2) is 6.75. The van der Waals surface area contributed by atoms with E-state index in [1.165, 1.54) is 12.8 Å². The fourth-order valence-corrected chi connectivity index (χ4v) is 5.12. The number of hydrogen-bond donors (Lipinski definition) is 2. The molecule has 2 saturated carbocycles. The standard InChI is InChI=1S/C21H29N7O/c1-21(5-6-21)29-15-3-4-17-16(9-15)20(26-25-17)18-10-19(23-13-22-18)27-11-14(12-27)28-8-2-7-24-28/h2,7-8,10,13-17,20,25-26H,3-6,9,11-12H2,1H3. The van der Waals surface area contributed by atoms with E-state index in [9.17, 15) is 0 Å². The number of aromatic nitrogens is 4. The van der Waals surface area contributed by atoms with Crippen LogP contribution in [0.2, 0.25) is 0 Å². The van der Waals surface area contributed by atoms with Gasteiger partial charge >= 0.3 is 0 Å². The van der Waals surface area contributed by atoms with E-state index >= 15 is 0 Å². The van der Waals surface area contributed by atoms with E-state index in [-0.39, 0.29) is 11.6 Å². The zero-order valence-corrected chi connectivity index (χ0v) is 16.9. The molecule has 6 rings (SSSR count). The number of hydrazine groups is 1. The van der Waals surface area contributed by atoms with Crippen molar-refractivity contribution in [3.05, 3.63) is 36.5 Å². The summed E-state index contributed by atoms with van der Waals surface area (Å²) >= 11 is 0. The Morgan fingerprint density at radius 2 is 2.07 bits per heavy atom. The number of fused-ring (bicyclic) bond motifs is 1. The Morgan fingerprint density at radius 3 is 2.86 bits per heavy atom. The number of nitrogens with one attached hydrogen (secondary N) is 2. The molecule has 2 aromatic rings. The van der Waals surface area contributed by atoms with Gasteiger partial charge in [-0.1, -0.05) is 0 Å². The summed E-state index contributed by atoms with van der Waals surface area (Å²) in [5.41, 5.74) is 8.27. The Balaban J connectivity index is 1.14. The van der Waals surface area contributed by atoms with Gasteiger partial charge in [0.15, 0.2) is 0 Å². The molecule has 2 saturated heterocycles. The van der Waals surface area contributed by atoms with Crippen LogP contribution in [0.3, 0.4) is 0 Å². The predicted octanol–water partition coefficient (Wildman–Crippen LogP) is 1.99. The van der Waals surface area contributed by atoms with Gasteiger partial charge in [-0.2, -0.15) is 5.10 Å². The average Bonchev–Trinajstić information content (AvgIpc) is 3.10. The van der Waals surface area contributed by atoms with Gasteiger partial charge in [-0.05, 0) is 45.1 Å². The molecule has 2 aromatic heterocycles. The Labute approximate surface area is 171 Å². The first kappa shape index (κ1) is 17.8. The van der Waals surface area contributed by atoms with Crippen LogP contribution in [0.15, 0.2) is 30.9 Å². The average molecular weight is 396 g/mol. The number of anilines is 1. The summed E-state index contributed by atoms with van der Waals surface area (Å²) < 4.78 is 8.45. The highest BCUT2D eigenvalue weighted by Gasteiger charge is 2.46. The third kappa shape index (κ3) is 3.33. The monoisotopic (exact) mass is 395 g/mol. The van der Waals surface area contributed by atoms with Crippen molar-refractivity contribution in [3.8, 4) is 0 Å². The molecule has 2 aliphatic carbocycles. The van der Waals surface area contributed by atoms with E-state index in [1.807, 2.05) is 23.1 Å². The first-order valence-corrected chi connectivity index (χ1v) is 10.9. The molecular weight excluding hydrogens is 366 g/mol. The summed E-state index contributed by atoms with van der Waals surface area (Å²) in [6.45, 7) is 4.13. The smallest absolute Gasteiger partial charge is 0.132 e. The van der Waals surface area contributed by atoms with Crippen molar-refractivity contribution in [2.45, 2.75) is 68.9 Å². The molecule has 0 amide bonds. The van der Waals surface area contributed by atoms with Crippen molar-refractivity contribution in [2.75, 3.05) is 18.0 Å². The lowest BCUT2D eigenvalue weighted by molar-refractivity contribution is -0.0500. The highest BCUT2D eigenvalue weighted by atomic mass is 16.5. The van der Waals surface area contributed by atoms with Crippen LogP contribution < -0.4 is 15.8 Å². The quantitative estimate of drug-likeness (QED) is 0.801. The summed E-state index contributed by atoms with van der Waals surface area (Å²) in [4.78, 5) is 11.5. The fourth-order valence-electron chi connectivity index (χ4n) is 5.12. The summed E-state index contributed by atoms with van der Waals surface area (Å²) in [6, 6.07) is 5.28. The van der Waals surface area contributed by atoms with Crippen molar-refractivity contribution < 1.29 is 4.74 Å². The SMILES string of the molecule is CC1(OC2CCC3NNC(c4cc(N5CC(n6cccn6)C5)ncn4)C3C2)CC1. The topological polar surface area (TPSA) is 80.1 Å². The molecule has 2 aliphatic heterocycles. The molecule has 0 radical (unpaired) electrons. The number of ether oxygens (including phenoxy) is 1. The largest absolute Gasteiger partial charge is 0.372 e. The third-order valence-corrected chi connectivity index (χ3v) is 7.19. The number of nitrogens with zero attached hydrogens (tertiary/aromatic N) is 5. The van der Waals surface area contributed by atoms with Gasteiger partial charge in [-0.25, -0.2) is 15.4 Å². The maximum Gasteiger partial charge on any atom is 0.132 e. The first-order valence-electron chi connectivity index (χ1n) is 10.9. The van der Waals surface area contributed by atoms with E-state index < -0.39 is 0 Å². The zero-order chi connectivity index (χ0) is 19.4. The van der Waals surface area contributed by atoms with Gasteiger partial charge < -0.3 is 9.64 Å². The second-order valence-electron chi connectivity index (χ2n) is 9.39. The van der Waals surface area contributed by atoms with E-state index in [4.69, 9.17) is 4.74 Å². The maximum atomic E-state index is 6.41. The normalized spacial score (nSPS) is 33.3. The van der Waals surface area contributed by atoms with Crippen LogP contribution in [0.1, 0.15) is 56.8 Å². The molecule has 8 nitrogen and oxygen atoms in total. The zero-order valence-electron chi connectivity index (χ0n) is 16.9. The number of rotatable bonds is 5. The molecule has 4 heterocycles. The van der Waals surface area contributed by atoms with Crippen molar-refractivity contribution in [3.63, 3.8) is 0 Å². The van der Waals surface area contributed by atoms with Gasteiger partial charge in [0.25, 0.3) is 0 Å². The molecule has 29 heavy (non-hydrogen) atoms. The Hall–Kier alpha value is -2.03. The maximum absolute atomic E-state index is 6.41. The molecule has 0 bridgehead atoms. The van der Waals surface area contributed by atoms with Crippen molar-refractivity contribution in [1.82, 2.24) is 30.6 Å². The molecule has 8 heteroatoms. The molecule has 4 fully saturated rings. The van der Waals surface area contributed by atoms with Crippen LogP contribution in [0.25, 0.3) is 0 Å². The summed E-state index contributed by atoms with van der Waals surface area (Å²) in [5, 5.41) is 4.36. The minimum Gasteiger partial charge on any atom is -0.372 e. The van der Waals surface area contributed by atoms with Gasteiger partial charge in [-0.15, -0.1) is 0 Å². The highest BCUT2D eigenvalue weighted by Crippen LogP contribution is 2.45. The Bertz CT molecular complexity index is 862. The van der Waals surface area contributed by atoms with Crippen molar-refractivity contribution in [1.29, 1.82) is 0 Å². The molecule has 4 aliphatic rings. The first-order chi connectivity index (χ1) is 14.2.